The Labute approximate surface area is 213 Å². The van der Waals surface area contributed by atoms with Crippen LogP contribution in [0.3, 0.4) is 0 Å². The summed E-state index contributed by atoms with van der Waals surface area (Å²) in [6.07, 6.45) is 0.773. The van der Waals surface area contributed by atoms with Crippen LogP contribution in [0.25, 0.3) is 27.5 Å². The fraction of sp³-hybridized carbons (Fsp3) is 0.179. The van der Waals surface area contributed by atoms with Crippen molar-refractivity contribution in [1.29, 1.82) is 0 Å². The molecule has 36 heavy (non-hydrogen) atoms. The van der Waals surface area contributed by atoms with Crippen molar-refractivity contribution in [3.63, 3.8) is 0 Å². The number of benzene rings is 3. The zero-order valence-corrected chi connectivity index (χ0v) is 21.2. The Morgan fingerprint density at radius 3 is 2.53 bits per heavy atom. The quantitative estimate of drug-likeness (QED) is 0.325. The molecule has 0 N–H and O–H groups in total. The van der Waals surface area contributed by atoms with E-state index in [2.05, 4.69) is 5.10 Å². The zero-order valence-electron chi connectivity index (χ0n) is 20.4. The molecule has 0 radical (unpaired) electrons. The lowest BCUT2D eigenvalue weighted by molar-refractivity contribution is 0.0988. The molecule has 0 aliphatic rings. The predicted octanol–water partition coefficient (Wildman–Crippen LogP) is 5.38. The second-order valence-corrected chi connectivity index (χ2v) is 8.94. The zero-order chi connectivity index (χ0) is 25.6. The first-order chi connectivity index (χ1) is 17.4. The van der Waals surface area contributed by atoms with E-state index in [1.807, 2.05) is 67.1 Å². The number of carbonyl (C=O) groups is 1. The van der Waals surface area contributed by atoms with Crippen molar-refractivity contribution >= 4 is 45.0 Å². The second kappa shape index (κ2) is 9.17. The summed E-state index contributed by atoms with van der Waals surface area (Å²) in [5.41, 5.74) is 3.33. The van der Waals surface area contributed by atoms with Gasteiger partial charge in [0.15, 0.2) is 5.69 Å². The molecule has 0 atom stereocenters. The van der Waals surface area contributed by atoms with E-state index in [0.717, 1.165) is 28.6 Å². The smallest absolute Gasteiger partial charge is 0.296 e. The van der Waals surface area contributed by atoms with E-state index in [9.17, 15) is 9.59 Å². The SMILES string of the molecule is CCc1ccccc1N(C)C(=O)c1nn(-c2ccc(OC)c(Cl)c2)c(=O)c2c1c1ccccc1n2C. The van der Waals surface area contributed by atoms with Gasteiger partial charge in [-0.1, -0.05) is 54.9 Å². The minimum atomic E-state index is -0.349. The van der Waals surface area contributed by atoms with Gasteiger partial charge in [0.1, 0.15) is 11.3 Å². The Kier molecular flexibility index (Phi) is 6.02. The van der Waals surface area contributed by atoms with Gasteiger partial charge >= 0.3 is 0 Å². The molecule has 5 rings (SSSR count). The van der Waals surface area contributed by atoms with Crippen molar-refractivity contribution < 1.29 is 9.53 Å². The molecule has 0 aliphatic heterocycles. The number of amides is 1. The molecular weight excluding hydrogens is 476 g/mol. The fourth-order valence-electron chi connectivity index (χ4n) is 4.70. The first-order valence-corrected chi connectivity index (χ1v) is 12.0. The first kappa shape index (κ1) is 23.6. The van der Waals surface area contributed by atoms with E-state index in [1.165, 1.54) is 11.8 Å². The summed E-state index contributed by atoms with van der Waals surface area (Å²) in [4.78, 5) is 29.4. The molecule has 5 aromatic rings. The van der Waals surface area contributed by atoms with Crippen molar-refractivity contribution in [2.24, 2.45) is 7.05 Å². The molecule has 0 unspecified atom stereocenters. The summed E-state index contributed by atoms with van der Waals surface area (Å²) in [7, 11) is 5.07. The molecule has 182 valence electrons. The Balaban J connectivity index is 1.83. The fourth-order valence-corrected chi connectivity index (χ4v) is 4.95. The number of para-hydroxylation sites is 2. The van der Waals surface area contributed by atoms with Gasteiger partial charge in [-0.25, -0.2) is 0 Å². The van der Waals surface area contributed by atoms with Gasteiger partial charge in [0.25, 0.3) is 11.5 Å². The molecule has 8 heteroatoms. The highest BCUT2D eigenvalue weighted by molar-refractivity contribution is 6.32. The van der Waals surface area contributed by atoms with Crippen LogP contribution in [0, 0.1) is 0 Å². The molecule has 2 aromatic heterocycles. The van der Waals surface area contributed by atoms with E-state index in [4.69, 9.17) is 16.3 Å². The van der Waals surface area contributed by atoms with Crippen molar-refractivity contribution in [2.75, 3.05) is 19.1 Å². The summed E-state index contributed by atoms with van der Waals surface area (Å²) in [6, 6.07) is 20.4. The highest BCUT2D eigenvalue weighted by atomic mass is 35.5. The number of anilines is 1. The molecule has 0 bridgehead atoms. The van der Waals surface area contributed by atoms with E-state index >= 15 is 0 Å². The number of halogens is 1. The van der Waals surface area contributed by atoms with Crippen molar-refractivity contribution in [3.05, 3.63) is 93.4 Å². The maximum absolute atomic E-state index is 14.0. The molecule has 0 fully saturated rings. The number of hydrogen-bond acceptors (Lipinski definition) is 4. The minimum Gasteiger partial charge on any atom is -0.495 e. The van der Waals surface area contributed by atoms with Crippen LogP contribution in [-0.2, 0) is 13.5 Å². The maximum Gasteiger partial charge on any atom is 0.296 e. The number of rotatable bonds is 5. The van der Waals surface area contributed by atoms with Crippen LogP contribution >= 0.6 is 11.6 Å². The van der Waals surface area contributed by atoms with Gasteiger partial charge in [-0.3, -0.25) is 9.59 Å². The summed E-state index contributed by atoms with van der Waals surface area (Å²) in [6.45, 7) is 2.05. The lowest BCUT2D eigenvalue weighted by atomic mass is 10.1. The molecule has 0 saturated carbocycles. The molecular formula is C28H25ClN4O3. The predicted molar refractivity (Wildman–Crippen MR) is 144 cm³/mol. The minimum absolute atomic E-state index is 0.182. The highest BCUT2D eigenvalue weighted by Gasteiger charge is 2.26. The number of nitrogens with zero attached hydrogens (tertiary/aromatic N) is 4. The lowest BCUT2D eigenvalue weighted by Crippen LogP contribution is -2.32. The molecule has 2 heterocycles. The number of hydrogen-bond donors (Lipinski definition) is 0. The summed E-state index contributed by atoms with van der Waals surface area (Å²) in [5, 5.41) is 6.29. The van der Waals surface area contributed by atoms with E-state index < -0.39 is 0 Å². The summed E-state index contributed by atoms with van der Waals surface area (Å²) in [5.74, 6) is 0.164. The third-order valence-electron chi connectivity index (χ3n) is 6.56. The van der Waals surface area contributed by atoms with Gasteiger partial charge in [0.05, 0.1) is 17.8 Å². The number of fused-ring (bicyclic) bond motifs is 3. The van der Waals surface area contributed by atoms with Crippen LogP contribution in [0.15, 0.2) is 71.5 Å². The van der Waals surface area contributed by atoms with Crippen LogP contribution < -0.4 is 15.2 Å². The van der Waals surface area contributed by atoms with E-state index in [-0.39, 0.29) is 17.2 Å². The average Bonchev–Trinajstić information content (AvgIpc) is 3.21. The van der Waals surface area contributed by atoms with Gasteiger partial charge in [-0.2, -0.15) is 9.78 Å². The van der Waals surface area contributed by atoms with Gasteiger partial charge in [-0.05, 0) is 42.3 Å². The van der Waals surface area contributed by atoms with Gasteiger partial charge < -0.3 is 14.2 Å². The largest absolute Gasteiger partial charge is 0.495 e. The first-order valence-electron chi connectivity index (χ1n) is 11.6. The Hall–Kier alpha value is -4.10. The molecule has 1 amide bonds. The van der Waals surface area contributed by atoms with Crippen molar-refractivity contribution in [1.82, 2.24) is 14.3 Å². The summed E-state index contributed by atoms with van der Waals surface area (Å²) < 4.78 is 8.30. The Morgan fingerprint density at radius 1 is 1.08 bits per heavy atom. The Morgan fingerprint density at radius 2 is 1.81 bits per heavy atom. The highest BCUT2D eigenvalue weighted by Crippen LogP contribution is 2.31. The van der Waals surface area contributed by atoms with Crippen LogP contribution in [0.1, 0.15) is 23.0 Å². The molecule has 0 aliphatic carbocycles. The molecule has 7 nitrogen and oxygen atoms in total. The van der Waals surface area contributed by atoms with Crippen LogP contribution in [0.4, 0.5) is 5.69 Å². The van der Waals surface area contributed by atoms with Gasteiger partial charge in [0, 0.05) is 36.1 Å². The maximum atomic E-state index is 14.0. The van der Waals surface area contributed by atoms with Crippen molar-refractivity contribution in [2.45, 2.75) is 13.3 Å². The number of aryl methyl sites for hydroxylation is 2. The third kappa shape index (κ3) is 3.63. The van der Waals surface area contributed by atoms with Crippen LogP contribution in [0.2, 0.25) is 5.02 Å². The van der Waals surface area contributed by atoms with Crippen molar-refractivity contribution in [3.8, 4) is 11.4 Å². The second-order valence-electron chi connectivity index (χ2n) is 8.53. The standard InChI is InChI=1S/C28H25ClN4O3/c1-5-17-10-6-8-12-21(17)32(3)27(34)25-24-19-11-7-9-13-22(19)31(2)26(24)28(35)33(30-25)18-14-15-23(36-4)20(29)16-18/h6-16H,5H2,1-4H3. The van der Waals surface area contributed by atoms with E-state index in [1.54, 1.807) is 30.1 Å². The molecule has 0 saturated heterocycles. The molecule has 3 aromatic carbocycles. The molecule has 0 spiro atoms. The number of methoxy groups -OCH3 is 1. The van der Waals surface area contributed by atoms with Crippen LogP contribution in [-0.4, -0.2) is 34.4 Å². The van der Waals surface area contributed by atoms with E-state index in [0.29, 0.717) is 27.4 Å². The number of ether oxygens (including phenoxy) is 1. The topological polar surface area (TPSA) is 69.4 Å². The third-order valence-corrected chi connectivity index (χ3v) is 6.86. The average molecular weight is 501 g/mol. The van der Waals surface area contributed by atoms with Crippen LogP contribution in [0.5, 0.6) is 5.75 Å². The normalized spacial score (nSPS) is 11.2. The van der Waals surface area contributed by atoms with Gasteiger partial charge in [0.2, 0.25) is 0 Å². The number of aromatic nitrogens is 3. The monoisotopic (exact) mass is 500 g/mol. The number of carbonyl (C=O) groups excluding carboxylic acids is 1. The van der Waals surface area contributed by atoms with Gasteiger partial charge in [-0.15, -0.1) is 0 Å². The lowest BCUT2D eigenvalue weighted by Gasteiger charge is -2.21. The Bertz CT molecular complexity index is 1700. The summed E-state index contributed by atoms with van der Waals surface area (Å²) >= 11 is 6.36.